The highest BCUT2D eigenvalue weighted by atomic mass is 35.5. The van der Waals surface area contributed by atoms with Crippen molar-refractivity contribution in [2.45, 2.75) is 6.54 Å². The molecule has 2 aromatic carbocycles. The van der Waals surface area contributed by atoms with Crippen molar-refractivity contribution in [3.05, 3.63) is 88.1 Å². The van der Waals surface area contributed by atoms with Gasteiger partial charge in [-0.2, -0.15) is 0 Å². The first kappa shape index (κ1) is 20.3. The van der Waals surface area contributed by atoms with E-state index in [1.54, 1.807) is 30.3 Å². The number of para-hydroxylation sites is 1. The molecule has 162 valence electrons. The zero-order valence-electron chi connectivity index (χ0n) is 17.3. The van der Waals surface area contributed by atoms with Gasteiger partial charge in [-0.05, 0) is 36.4 Å². The molecule has 0 spiro atoms. The first-order valence-electron chi connectivity index (χ1n) is 10.4. The molecule has 32 heavy (non-hydrogen) atoms. The molecule has 8 nitrogen and oxygen atoms in total. The van der Waals surface area contributed by atoms with Crippen LogP contribution in [0.15, 0.2) is 71.8 Å². The molecule has 0 radical (unpaired) electrons. The molecular weight excluding hydrogens is 428 g/mol. The number of Topliss-reactive ketones (excluding diaryl/α,β-unsaturated/α-hetero) is 1. The lowest BCUT2D eigenvalue weighted by molar-refractivity contribution is 0.0966. The number of halogens is 1. The number of fused-ring (bicyclic) bond motifs is 1. The lowest BCUT2D eigenvalue weighted by Crippen LogP contribution is -2.46. The number of piperazine rings is 1. The maximum atomic E-state index is 12.7. The number of carbonyl (C=O) groups is 1. The van der Waals surface area contributed by atoms with Crippen molar-refractivity contribution in [3.63, 3.8) is 0 Å². The van der Waals surface area contributed by atoms with Gasteiger partial charge in [-0.25, -0.2) is 18.9 Å². The molecule has 4 aromatic rings. The number of hydrogen-bond donors (Lipinski definition) is 0. The van der Waals surface area contributed by atoms with E-state index in [1.807, 2.05) is 18.2 Å². The number of aromatic nitrogens is 4. The van der Waals surface area contributed by atoms with E-state index in [9.17, 15) is 9.59 Å². The number of ketones is 1. The maximum Gasteiger partial charge on any atom is 0.352 e. The Balaban J connectivity index is 1.32. The lowest BCUT2D eigenvalue weighted by atomic mass is 10.1. The van der Waals surface area contributed by atoms with Gasteiger partial charge in [0, 0.05) is 48.5 Å². The summed E-state index contributed by atoms with van der Waals surface area (Å²) in [5.41, 5.74) is 1.77. The molecule has 9 heteroatoms. The Morgan fingerprint density at radius 3 is 2.34 bits per heavy atom. The van der Waals surface area contributed by atoms with Crippen molar-refractivity contribution >= 4 is 34.5 Å². The van der Waals surface area contributed by atoms with Crippen LogP contribution >= 0.6 is 11.6 Å². The minimum atomic E-state index is -0.393. The van der Waals surface area contributed by atoms with E-state index in [2.05, 4.69) is 32.0 Å². The minimum Gasteiger partial charge on any atom is -0.368 e. The summed E-state index contributed by atoms with van der Waals surface area (Å²) in [5.74, 6) is 0.559. The Kier molecular flexibility index (Phi) is 5.36. The first-order valence-corrected chi connectivity index (χ1v) is 10.8. The van der Waals surface area contributed by atoms with E-state index in [-0.39, 0.29) is 12.3 Å². The molecule has 1 aliphatic rings. The lowest BCUT2D eigenvalue weighted by Gasteiger charge is -2.36. The van der Waals surface area contributed by atoms with Gasteiger partial charge in [0.1, 0.15) is 18.7 Å². The number of hydrogen-bond acceptors (Lipinski definition) is 6. The zero-order chi connectivity index (χ0) is 22.1. The topological polar surface area (TPSA) is 75.7 Å². The highest BCUT2D eigenvalue weighted by Gasteiger charge is 2.20. The quantitative estimate of drug-likeness (QED) is 0.437. The summed E-state index contributed by atoms with van der Waals surface area (Å²) in [6, 6.07) is 18.7. The summed E-state index contributed by atoms with van der Waals surface area (Å²) in [6.07, 6.45) is 1.48. The smallest absolute Gasteiger partial charge is 0.352 e. The fourth-order valence-electron chi connectivity index (χ4n) is 3.89. The highest BCUT2D eigenvalue weighted by Crippen LogP contribution is 2.19. The third kappa shape index (κ3) is 3.97. The third-order valence-electron chi connectivity index (χ3n) is 5.65. The van der Waals surface area contributed by atoms with Gasteiger partial charge in [-0.1, -0.05) is 29.8 Å². The van der Waals surface area contributed by atoms with Crippen molar-refractivity contribution in [2.24, 2.45) is 0 Å². The number of rotatable bonds is 5. The summed E-state index contributed by atoms with van der Waals surface area (Å²) in [6.45, 7) is 3.25. The molecule has 0 bridgehead atoms. The second kappa shape index (κ2) is 8.47. The van der Waals surface area contributed by atoms with Crippen LogP contribution in [0, 0.1) is 0 Å². The van der Waals surface area contributed by atoms with Crippen LogP contribution in [-0.4, -0.2) is 51.1 Å². The van der Waals surface area contributed by atoms with Crippen molar-refractivity contribution in [2.75, 3.05) is 36.0 Å². The molecule has 1 aliphatic heterocycles. The Bertz CT molecular complexity index is 1310. The van der Waals surface area contributed by atoms with Crippen LogP contribution < -0.4 is 15.5 Å². The third-order valence-corrected chi connectivity index (χ3v) is 5.90. The first-order chi connectivity index (χ1) is 15.6. The molecule has 2 aromatic heterocycles. The fraction of sp³-hybridized carbons (Fsp3) is 0.217. The Morgan fingerprint density at radius 1 is 0.938 bits per heavy atom. The van der Waals surface area contributed by atoms with E-state index in [1.165, 1.54) is 21.1 Å². The monoisotopic (exact) mass is 448 g/mol. The number of nitrogens with zero attached hydrogens (tertiary/aromatic N) is 6. The van der Waals surface area contributed by atoms with E-state index >= 15 is 0 Å². The minimum absolute atomic E-state index is 0.146. The average molecular weight is 449 g/mol. The summed E-state index contributed by atoms with van der Waals surface area (Å²) in [7, 11) is 0. The number of carbonyl (C=O) groups excluding carboxylic acids is 1. The molecular formula is C23H21ClN6O2. The zero-order valence-corrected chi connectivity index (χ0v) is 18.0. The average Bonchev–Trinajstić information content (AvgIpc) is 3.14. The molecule has 0 saturated carbocycles. The Morgan fingerprint density at radius 2 is 1.62 bits per heavy atom. The van der Waals surface area contributed by atoms with Crippen LogP contribution in [0.3, 0.4) is 0 Å². The SMILES string of the molecule is O=C(Cn1nc2cc(N3CCN(c4ccccc4)CC3)ncn2c1=O)c1ccc(Cl)cc1. The van der Waals surface area contributed by atoms with Crippen molar-refractivity contribution in [3.8, 4) is 0 Å². The van der Waals surface area contributed by atoms with Gasteiger partial charge >= 0.3 is 5.69 Å². The largest absolute Gasteiger partial charge is 0.368 e. The van der Waals surface area contributed by atoms with Gasteiger partial charge in [0.2, 0.25) is 0 Å². The normalized spacial score (nSPS) is 14.2. The summed E-state index contributed by atoms with van der Waals surface area (Å²) >= 11 is 5.88. The van der Waals surface area contributed by atoms with E-state index < -0.39 is 5.69 Å². The predicted octanol–water partition coefficient (Wildman–Crippen LogP) is 2.75. The van der Waals surface area contributed by atoms with Gasteiger partial charge in [-0.15, -0.1) is 5.10 Å². The van der Waals surface area contributed by atoms with Crippen LogP contribution in [0.25, 0.3) is 5.65 Å². The molecule has 5 rings (SSSR count). The van der Waals surface area contributed by atoms with Gasteiger partial charge in [0.15, 0.2) is 11.4 Å². The standard InChI is InChI=1S/C23H21ClN6O2/c24-18-8-6-17(7-9-18)20(31)15-30-23(32)29-16-25-21(14-22(29)26-30)28-12-10-27(11-13-28)19-4-2-1-3-5-19/h1-9,14,16H,10-13,15H2. The summed E-state index contributed by atoms with van der Waals surface area (Å²) < 4.78 is 2.53. The number of anilines is 2. The molecule has 0 atom stereocenters. The van der Waals surface area contributed by atoms with Gasteiger partial charge in [0.05, 0.1) is 0 Å². The highest BCUT2D eigenvalue weighted by molar-refractivity contribution is 6.30. The Hall–Kier alpha value is -3.65. The molecule has 0 N–H and O–H groups in total. The second-order valence-electron chi connectivity index (χ2n) is 7.66. The fourth-order valence-corrected chi connectivity index (χ4v) is 4.01. The van der Waals surface area contributed by atoms with Gasteiger partial charge in [0.25, 0.3) is 0 Å². The van der Waals surface area contributed by atoms with Crippen LogP contribution in [0.5, 0.6) is 0 Å². The molecule has 0 amide bonds. The van der Waals surface area contributed by atoms with Crippen molar-refractivity contribution in [1.29, 1.82) is 0 Å². The number of benzene rings is 2. The van der Waals surface area contributed by atoms with Crippen LogP contribution in [0.1, 0.15) is 10.4 Å². The van der Waals surface area contributed by atoms with Crippen molar-refractivity contribution < 1.29 is 4.79 Å². The van der Waals surface area contributed by atoms with Crippen molar-refractivity contribution in [1.82, 2.24) is 19.2 Å². The van der Waals surface area contributed by atoms with Crippen LogP contribution in [0.4, 0.5) is 11.5 Å². The molecule has 1 fully saturated rings. The van der Waals surface area contributed by atoms with Gasteiger partial charge < -0.3 is 9.80 Å². The maximum absolute atomic E-state index is 12.7. The van der Waals surface area contributed by atoms with E-state index in [0.717, 1.165) is 32.0 Å². The summed E-state index contributed by atoms with van der Waals surface area (Å²) in [5, 5.41) is 4.91. The molecule has 0 unspecified atom stereocenters. The van der Waals surface area contributed by atoms with Crippen LogP contribution in [-0.2, 0) is 6.54 Å². The molecule has 3 heterocycles. The van der Waals surface area contributed by atoms with Gasteiger partial charge in [-0.3, -0.25) is 4.79 Å². The predicted molar refractivity (Wildman–Crippen MR) is 124 cm³/mol. The van der Waals surface area contributed by atoms with Crippen LogP contribution in [0.2, 0.25) is 5.02 Å². The van der Waals surface area contributed by atoms with E-state index in [4.69, 9.17) is 11.6 Å². The Labute approximate surface area is 189 Å². The molecule has 0 aliphatic carbocycles. The molecule has 1 saturated heterocycles. The summed E-state index contributed by atoms with van der Waals surface area (Å²) in [4.78, 5) is 34.2. The second-order valence-corrected chi connectivity index (χ2v) is 8.09. The van der Waals surface area contributed by atoms with E-state index in [0.29, 0.717) is 16.2 Å².